The number of alkyl halides is 3. The van der Waals surface area contributed by atoms with Crippen molar-refractivity contribution in [1.29, 1.82) is 0 Å². The van der Waals surface area contributed by atoms with Gasteiger partial charge in [-0.1, -0.05) is 37.6 Å². The second-order valence-corrected chi connectivity index (χ2v) is 12.2. The Hall–Kier alpha value is -2.14. The Labute approximate surface area is 214 Å². The standard InChI is InChI=1S/C25H29ClF3N3O3S/c1-17(2)14-22-23(33)32(16-18-4-3-5-19(15-18)25(27,28)29)24(30-22)10-12-31(13-11-24)36(34,35)21-8-6-20(26)7-9-21/h3-9,15,17,22,30H,10-14,16H2,1-2H3/t22-/m0/s1. The van der Waals surface area contributed by atoms with E-state index >= 15 is 0 Å². The Morgan fingerprint density at radius 1 is 1.11 bits per heavy atom. The molecule has 0 saturated carbocycles. The van der Waals surface area contributed by atoms with Crippen molar-refractivity contribution in [2.24, 2.45) is 5.92 Å². The van der Waals surface area contributed by atoms with Crippen LogP contribution in [0, 0.1) is 5.92 Å². The molecule has 11 heteroatoms. The van der Waals surface area contributed by atoms with E-state index in [0.717, 1.165) is 12.1 Å². The van der Waals surface area contributed by atoms with Crippen LogP contribution < -0.4 is 5.32 Å². The lowest BCUT2D eigenvalue weighted by Crippen LogP contribution is -2.59. The first kappa shape index (κ1) is 26.9. The molecule has 0 aliphatic carbocycles. The van der Waals surface area contributed by atoms with Crippen LogP contribution in [0.25, 0.3) is 0 Å². The molecule has 2 heterocycles. The third-order valence-corrected chi connectivity index (χ3v) is 8.99. The molecule has 0 bridgehead atoms. The number of nitrogens with one attached hydrogen (secondary N) is 1. The molecular weight excluding hydrogens is 515 g/mol. The fraction of sp³-hybridized carbons (Fsp3) is 0.480. The third-order valence-electron chi connectivity index (χ3n) is 6.83. The Morgan fingerprint density at radius 3 is 2.33 bits per heavy atom. The van der Waals surface area contributed by atoms with Crippen LogP contribution in [0.3, 0.4) is 0 Å². The van der Waals surface area contributed by atoms with Gasteiger partial charge in [-0.3, -0.25) is 10.1 Å². The predicted molar refractivity (Wildman–Crippen MR) is 131 cm³/mol. The van der Waals surface area contributed by atoms with Crippen molar-refractivity contribution in [2.45, 2.75) is 62.4 Å². The summed E-state index contributed by atoms with van der Waals surface area (Å²) in [7, 11) is -3.75. The minimum absolute atomic E-state index is 0.00822. The molecule has 196 valence electrons. The van der Waals surface area contributed by atoms with Crippen LogP contribution in [-0.2, 0) is 27.5 Å². The maximum absolute atomic E-state index is 13.4. The molecule has 2 aromatic carbocycles. The summed E-state index contributed by atoms with van der Waals surface area (Å²) in [6, 6.07) is 10.5. The number of rotatable bonds is 6. The number of benzene rings is 2. The van der Waals surface area contributed by atoms with E-state index in [1.165, 1.54) is 34.6 Å². The van der Waals surface area contributed by atoms with Crippen LogP contribution in [-0.4, -0.2) is 48.3 Å². The van der Waals surface area contributed by atoms with Crippen LogP contribution in [0.5, 0.6) is 0 Å². The number of carbonyl (C=O) groups is 1. The molecule has 0 aromatic heterocycles. The number of halogens is 4. The number of nitrogens with zero attached hydrogens (tertiary/aromatic N) is 2. The molecule has 0 unspecified atom stereocenters. The normalized spacial score (nSPS) is 21.0. The van der Waals surface area contributed by atoms with E-state index in [9.17, 15) is 26.4 Å². The van der Waals surface area contributed by atoms with E-state index in [4.69, 9.17) is 11.6 Å². The van der Waals surface area contributed by atoms with Crippen LogP contribution in [0.15, 0.2) is 53.4 Å². The van der Waals surface area contributed by atoms with Crippen molar-refractivity contribution >= 4 is 27.5 Å². The van der Waals surface area contributed by atoms with Crippen LogP contribution in [0.2, 0.25) is 5.02 Å². The first-order chi connectivity index (χ1) is 16.8. The molecule has 0 radical (unpaired) electrons. The van der Waals surface area contributed by atoms with Crippen LogP contribution in [0.1, 0.15) is 44.2 Å². The molecule has 1 N–H and O–H groups in total. The molecule has 2 aromatic rings. The number of hydrogen-bond donors (Lipinski definition) is 1. The van der Waals surface area contributed by atoms with Gasteiger partial charge in [0.05, 0.1) is 22.2 Å². The van der Waals surface area contributed by atoms with Crippen molar-refractivity contribution in [3.8, 4) is 0 Å². The fourth-order valence-corrected chi connectivity index (χ4v) is 6.59. The summed E-state index contributed by atoms with van der Waals surface area (Å²) in [5.41, 5.74) is -1.23. The lowest BCUT2D eigenvalue weighted by Gasteiger charge is -2.44. The topological polar surface area (TPSA) is 69.7 Å². The molecule has 2 aliphatic rings. The maximum Gasteiger partial charge on any atom is 0.416 e. The average molecular weight is 544 g/mol. The smallest absolute Gasteiger partial charge is 0.319 e. The molecule has 2 saturated heterocycles. The summed E-state index contributed by atoms with van der Waals surface area (Å²) in [4.78, 5) is 15.2. The molecular formula is C25H29ClF3N3O3S. The minimum atomic E-state index is -4.48. The molecule has 1 spiro atoms. The lowest BCUT2D eigenvalue weighted by molar-refractivity contribution is -0.137. The fourth-order valence-electron chi connectivity index (χ4n) is 5.02. The van der Waals surface area contributed by atoms with Gasteiger partial charge in [0.25, 0.3) is 0 Å². The van der Waals surface area contributed by atoms with Gasteiger partial charge in [0.15, 0.2) is 0 Å². The van der Waals surface area contributed by atoms with Gasteiger partial charge < -0.3 is 4.90 Å². The molecule has 2 aliphatic heterocycles. The van der Waals surface area contributed by atoms with E-state index in [-0.39, 0.29) is 36.4 Å². The molecule has 36 heavy (non-hydrogen) atoms. The number of amides is 1. The van der Waals surface area contributed by atoms with Gasteiger partial charge in [-0.2, -0.15) is 17.5 Å². The molecule has 4 rings (SSSR count). The summed E-state index contributed by atoms with van der Waals surface area (Å²) in [6.45, 7) is 4.34. The Bertz CT molecular complexity index is 1210. The molecule has 1 atom stereocenters. The first-order valence-corrected chi connectivity index (χ1v) is 13.6. The van der Waals surface area contributed by atoms with Gasteiger partial charge in [-0.05, 0) is 67.1 Å². The minimum Gasteiger partial charge on any atom is -0.319 e. The first-order valence-electron chi connectivity index (χ1n) is 11.8. The van der Waals surface area contributed by atoms with Crippen molar-refractivity contribution in [3.05, 3.63) is 64.7 Å². The zero-order valence-corrected chi connectivity index (χ0v) is 21.6. The van der Waals surface area contributed by atoms with Gasteiger partial charge >= 0.3 is 6.18 Å². The summed E-state index contributed by atoms with van der Waals surface area (Å²) < 4.78 is 67.5. The highest BCUT2D eigenvalue weighted by molar-refractivity contribution is 7.89. The summed E-state index contributed by atoms with van der Waals surface area (Å²) >= 11 is 5.89. The number of carbonyl (C=O) groups excluding carboxylic acids is 1. The van der Waals surface area contributed by atoms with Crippen LogP contribution >= 0.6 is 11.6 Å². The maximum atomic E-state index is 13.4. The van der Waals surface area contributed by atoms with Crippen molar-refractivity contribution in [3.63, 3.8) is 0 Å². The second kappa shape index (κ2) is 9.96. The summed E-state index contributed by atoms with van der Waals surface area (Å²) in [5.74, 6) is 0.0532. The van der Waals surface area contributed by atoms with E-state index in [0.29, 0.717) is 29.8 Å². The number of sulfonamides is 1. The van der Waals surface area contributed by atoms with Gasteiger partial charge in [0.2, 0.25) is 15.9 Å². The third kappa shape index (κ3) is 5.41. The van der Waals surface area contributed by atoms with Gasteiger partial charge in [-0.25, -0.2) is 8.42 Å². The Balaban J connectivity index is 1.58. The molecule has 1 amide bonds. The van der Waals surface area contributed by atoms with E-state index in [2.05, 4.69) is 5.32 Å². The number of hydrogen-bond acceptors (Lipinski definition) is 4. The number of piperidine rings is 1. The predicted octanol–water partition coefficient (Wildman–Crippen LogP) is 4.89. The molecule has 6 nitrogen and oxygen atoms in total. The quantitative estimate of drug-likeness (QED) is 0.563. The highest BCUT2D eigenvalue weighted by atomic mass is 35.5. The highest BCUT2D eigenvalue weighted by Crippen LogP contribution is 2.37. The Morgan fingerprint density at radius 2 is 1.75 bits per heavy atom. The highest BCUT2D eigenvalue weighted by Gasteiger charge is 2.52. The van der Waals surface area contributed by atoms with Crippen molar-refractivity contribution < 1.29 is 26.4 Å². The van der Waals surface area contributed by atoms with Crippen molar-refractivity contribution in [2.75, 3.05) is 13.1 Å². The molecule has 2 fully saturated rings. The zero-order valence-electron chi connectivity index (χ0n) is 20.1. The van der Waals surface area contributed by atoms with E-state index < -0.39 is 33.5 Å². The zero-order chi connectivity index (χ0) is 26.3. The largest absolute Gasteiger partial charge is 0.416 e. The summed E-state index contributed by atoms with van der Waals surface area (Å²) in [6.07, 6.45) is -3.27. The second-order valence-electron chi connectivity index (χ2n) is 9.84. The monoisotopic (exact) mass is 543 g/mol. The summed E-state index contributed by atoms with van der Waals surface area (Å²) in [5, 5.41) is 3.87. The average Bonchev–Trinajstić information content (AvgIpc) is 3.04. The van der Waals surface area contributed by atoms with Gasteiger partial charge in [0, 0.05) is 24.7 Å². The lowest BCUT2D eigenvalue weighted by atomic mass is 9.96. The SMILES string of the molecule is CC(C)C[C@@H]1NC2(CCN(S(=O)(=O)c3ccc(Cl)cc3)CC2)N(Cc2cccc(C(F)(F)F)c2)C1=O. The van der Waals surface area contributed by atoms with E-state index in [1.807, 2.05) is 13.8 Å². The van der Waals surface area contributed by atoms with E-state index in [1.54, 1.807) is 11.0 Å². The van der Waals surface area contributed by atoms with Crippen LogP contribution in [0.4, 0.5) is 13.2 Å². The van der Waals surface area contributed by atoms with Gasteiger partial charge in [-0.15, -0.1) is 0 Å². The van der Waals surface area contributed by atoms with Crippen molar-refractivity contribution in [1.82, 2.24) is 14.5 Å². The Kier molecular flexibility index (Phi) is 7.45. The van der Waals surface area contributed by atoms with Gasteiger partial charge in [0.1, 0.15) is 0 Å².